The van der Waals surface area contributed by atoms with Gasteiger partial charge in [-0.15, -0.1) is 0 Å². The average molecular weight is 669 g/mol. The summed E-state index contributed by atoms with van der Waals surface area (Å²) in [7, 11) is 0. The van der Waals surface area contributed by atoms with Crippen molar-refractivity contribution >= 4 is 0 Å². The molecule has 0 aromatic heterocycles. The van der Waals surface area contributed by atoms with Crippen LogP contribution < -0.4 is 0 Å². The van der Waals surface area contributed by atoms with E-state index >= 15 is 0 Å². The lowest BCUT2D eigenvalue weighted by Gasteiger charge is -2.48. The first-order valence-corrected chi connectivity index (χ1v) is 14.0. The molecule has 266 valence electrons. The maximum atomic E-state index is 11.0. The van der Waals surface area contributed by atoms with E-state index in [0.29, 0.717) is 0 Å². The van der Waals surface area contributed by atoms with Gasteiger partial charge in [0.2, 0.25) is 0 Å². The maximum Gasteiger partial charge on any atom is 0.187 e. The molecule has 0 aromatic carbocycles. The van der Waals surface area contributed by atoms with Gasteiger partial charge in [0.05, 0.1) is 33.0 Å². The Hall–Kier alpha value is -0.840. The van der Waals surface area contributed by atoms with Crippen LogP contribution in [0.15, 0.2) is 0 Å². The highest BCUT2D eigenvalue weighted by Gasteiger charge is 2.54. The third-order valence-corrected chi connectivity index (χ3v) is 7.85. The first kappa shape index (κ1) is 38.6. The molecule has 19 atom stereocenters. The van der Waals surface area contributed by atoms with Crippen molar-refractivity contribution < 1.29 is 105 Å². The van der Waals surface area contributed by atoms with E-state index in [1.165, 1.54) is 0 Å². The van der Waals surface area contributed by atoms with Gasteiger partial charge in [-0.25, -0.2) is 0 Å². The molecule has 3 heterocycles. The zero-order chi connectivity index (χ0) is 33.7. The quantitative estimate of drug-likeness (QED) is 0.0816. The van der Waals surface area contributed by atoms with E-state index in [4.69, 9.17) is 33.5 Å². The molecule has 3 fully saturated rings. The monoisotopic (exact) mass is 668 g/mol. The lowest BCUT2D eigenvalue weighted by Crippen LogP contribution is -2.67. The van der Waals surface area contributed by atoms with E-state index in [0.717, 1.165) is 0 Å². The third kappa shape index (κ3) is 8.43. The van der Waals surface area contributed by atoms with Gasteiger partial charge in [0.25, 0.3) is 0 Å². The van der Waals surface area contributed by atoms with Gasteiger partial charge in [0, 0.05) is 0 Å². The molecule has 15 N–H and O–H groups in total. The standard InChI is InChI=1S/C24H44O21/c25-1-6(30)11(32)19(7(31)2-26)43-23-17(38)21(14(35)9(4-28)41-23)45-24-18(39)20(13(34)10(5-29)42-24)44-22-16(37)15(36)12(33)8(3-27)40-22/h6-39H,1-5H2/t6-,7+,8+,9+,10+,11+,12-,13-,14-,15-,16+,17+,18+,19+,20-,21-,22-,23-,24-/m0/s1. The smallest absolute Gasteiger partial charge is 0.187 e. The van der Waals surface area contributed by atoms with Crippen molar-refractivity contribution in [3.63, 3.8) is 0 Å². The van der Waals surface area contributed by atoms with Crippen LogP contribution in [0.2, 0.25) is 0 Å². The fourth-order valence-electron chi connectivity index (χ4n) is 5.13. The second-order valence-corrected chi connectivity index (χ2v) is 10.9. The first-order chi connectivity index (χ1) is 21.2. The molecule has 21 nitrogen and oxygen atoms in total. The van der Waals surface area contributed by atoms with Gasteiger partial charge in [0.15, 0.2) is 18.9 Å². The van der Waals surface area contributed by atoms with E-state index < -0.39 is 150 Å². The minimum absolute atomic E-state index is 0.824. The molecule has 3 rings (SSSR count). The highest BCUT2D eigenvalue weighted by atomic mass is 16.8. The van der Waals surface area contributed by atoms with Crippen molar-refractivity contribution in [1.82, 2.24) is 0 Å². The average Bonchev–Trinajstić information content (AvgIpc) is 3.04. The summed E-state index contributed by atoms with van der Waals surface area (Å²) in [6.45, 7) is -4.71. The molecule has 3 aliphatic rings. The summed E-state index contributed by atoms with van der Waals surface area (Å²) in [6, 6.07) is 0. The Morgan fingerprint density at radius 1 is 0.467 bits per heavy atom. The molecule has 3 aliphatic heterocycles. The zero-order valence-electron chi connectivity index (χ0n) is 23.7. The Morgan fingerprint density at radius 3 is 1.31 bits per heavy atom. The van der Waals surface area contributed by atoms with Crippen molar-refractivity contribution in [2.45, 2.75) is 117 Å². The van der Waals surface area contributed by atoms with Crippen LogP contribution in [0.1, 0.15) is 0 Å². The molecule has 0 bridgehead atoms. The molecule has 0 amide bonds. The molecule has 0 aliphatic carbocycles. The number of hydrogen-bond donors (Lipinski definition) is 15. The van der Waals surface area contributed by atoms with E-state index in [1.54, 1.807) is 0 Å². The van der Waals surface area contributed by atoms with Gasteiger partial charge in [-0.2, -0.15) is 0 Å². The second-order valence-electron chi connectivity index (χ2n) is 10.9. The zero-order valence-corrected chi connectivity index (χ0v) is 23.7. The molecule has 0 saturated carbocycles. The molecule has 3 saturated heterocycles. The molecule has 0 radical (unpaired) electrons. The Labute approximate surface area is 255 Å². The minimum atomic E-state index is -2.10. The van der Waals surface area contributed by atoms with Gasteiger partial charge < -0.3 is 105 Å². The number of ether oxygens (including phenoxy) is 6. The van der Waals surface area contributed by atoms with Crippen LogP contribution in [0.4, 0.5) is 0 Å². The van der Waals surface area contributed by atoms with E-state index in [1.807, 2.05) is 0 Å². The largest absolute Gasteiger partial charge is 0.394 e. The number of rotatable bonds is 14. The van der Waals surface area contributed by atoms with Crippen LogP contribution in [-0.2, 0) is 28.4 Å². The molecular weight excluding hydrogens is 624 g/mol. The summed E-state index contributed by atoms with van der Waals surface area (Å²) in [5.41, 5.74) is 0. The fraction of sp³-hybridized carbons (Fsp3) is 1.00. The van der Waals surface area contributed by atoms with E-state index in [2.05, 4.69) is 0 Å². The Bertz CT molecular complexity index is 871. The van der Waals surface area contributed by atoms with Crippen LogP contribution in [0.5, 0.6) is 0 Å². The number of hydrogen-bond acceptors (Lipinski definition) is 21. The normalized spacial score (nSPS) is 45.5. The Balaban J connectivity index is 1.84. The van der Waals surface area contributed by atoms with Crippen LogP contribution in [0.3, 0.4) is 0 Å². The lowest BCUT2D eigenvalue weighted by molar-refractivity contribution is -0.384. The molecule has 45 heavy (non-hydrogen) atoms. The molecule has 0 unspecified atom stereocenters. The van der Waals surface area contributed by atoms with Gasteiger partial charge >= 0.3 is 0 Å². The summed E-state index contributed by atoms with van der Waals surface area (Å²) in [5, 5.41) is 152. The summed E-state index contributed by atoms with van der Waals surface area (Å²) in [4.78, 5) is 0. The Morgan fingerprint density at radius 2 is 0.867 bits per heavy atom. The number of aliphatic hydroxyl groups is 15. The predicted molar refractivity (Wildman–Crippen MR) is 136 cm³/mol. The number of aliphatic hydroxyl groups excluding tert-OH is 15. The van der Waals surface area contributed by atoms with Crippen LogP contribution in [0, 0.1) is 0 Å². The maximum absolute atomic E-state index is 11.0. The third-order valence-electron chi connectivity index (χ3n) is 7.85. The summed E-state index contributed by atoms with van der Waals surface area (Å²) in [6.07, 6.45) is -35.5. The molecular formula is C24H44O21. The van der Waals surface area contributed by atoms with Crippen LogP contribution in [-0.4, -0.2) is 226 Å². The Kier molecular flexibility index (Phi) is 14.6. The van der Waals surface area contributed by atoms with Crippen molar-refractivity contribution in [2.24, 2.45) is 0 Å². The lowest BCUT2D eigenvalue weighted by atomic mass is 9.96. The van der Waals surface area contributed by atoms with Gasteiger partial charge in [-0.05, 0) is 0 Å². The van der Waals surface area contributed by atoms with Gasteiger partial charge in [0.1, 0.15) is 97.7 Å². The topological polar surface area (TPSA) is 359 Å². The van der Waals surface area contributed by atoms with Gasteiger partial charge in [-0.3, -0.25) is 0 Å². The molecule has 0 spiro atoms. The van der Waals surface area contributed by atoms with E-state index in [-0.39, 0.29) is 0 Å². The van der Waals surface area contributed by atoms with Crippen molar-refractivity contribution in [3.8, 4) is 0 Å². The second kappa shape index (κ2) is 17.0. The van der Waals surface area contributed by atoms with Crippen LogP contribution >= 0.6 is 0 Å². The minimum Gasteiger partial charge on any atom is -0.394 e. The van der Waals surface area contributed by atoms with Crippen molar-refractivity contribution in [2.75, 3.05) is 33.0 Å². The SMILES string of the molecule is OC[C@@H](O)[C@@H](O[C@@H]1O[C@H](CO)[C@H](O)[C@H](O[C@@H]2O[C@H](CO)[C@H](O)[C@H](O[C@@H]3O[C@H](CO)[C@H](O)[C@H](O)[C@H]3O)[C@H]2O)[C@H]1O)[C@H](O)[C@@H](O)CO. The fourth-order valence-corrected chi connectivity index (χ4v) is 5.13. The first-order valence-electron chi connectivity index (χ1n) is 14.0. The van der Waals surface area contributed by atoms with Crippen molar-refractivity contribution in [1.29, 1.82) is 0 Å². The summed E-state index contributed by atoms with van der Waals surface area (Å²) in [5.74, 6) is 0. The summed E-state index contributed by atoms with van der Waals surface area (Å²) < 4.78 is 32.4. The van der Waals surface area contributed by atoms with Crippen LogP contribution in [0.25, 0.3) is 0 Å². The summed E-state index contributed by atoms with van der Waals surface area (Å²) >= 11 is 0. The highest BCUT2D eigenvalue weighted by molar-refractivity contribution is 4.97. The van der Waals surface area contributed by atoms with Gasteiger partial charge in [-0.1, -0.05) is 0 Å². The highest BCUT2D eigenvalue weighted by Crippen LogP contribution is 2.33. The van der Waals surface area contributed by atoms with E-state index in [9.17, 15) is 71.5 Å². The molecule has 21 heteroatoms. The predicted octanol–water partition coefficient (Wildman–Crippen LogP) is -10.1. The van der Waals surface area contributed by atoms with Crippen molar-refractivity contribution in [3.05, 3.63) is 0 Å². The molecule has 0 aromatic rings.